The van der Waals surface area contributed by atoms with Crippen LogP contribution in [0.25, 0.3) is 0 Å². The van der Waals surface area contributed by atoms with Gasteiger partial charge >= 0.3 is 0 Å². The zero-order valence-electron chi connectivity index (χ0n) is 14.1. The molecule has 1 aromatic rings. The number of hydrogen-bond donors (Lipinski definition) is 2. The molecule has 0 saturated carbocycles. The van der Waals surface area contributed by atoms with E-state index in [1.807, 2.05) is 6.26 Å². The second-order valence-corrected chi connectivity index (χ2v) is 9.30. The molecule has 25 heavy (non-hydrogen) atoms. The van der Waals surface area contributed by atoms with Crippen molar-refractivity contribution >= 4 is 45.0 Å². The molecule has 1 fully saturated rings. The van der Waals surface area contributed by atoms with Crippen LogP contribution in [0.1, 0.15) is 29.6 Å². The zero-order valence-corrected chi connectivity index (χ0v) is 16.5. The molecule has 0 radical (unpaired) electrons. The molecule has 1 amide bonds. The van der Waals surface area contributed by atoms with E-state index in [0.29, 0.717) is 35.7 Å². The topological polar surface area (TPSA) is 86.7 Å². The van der Waals surface area contributed by atoms with Crippen molar-refractivity contribution in [3.8, 4) is 0 Å². The molecule has 9 heteroatoms. The Hall–Kier alpha value is -0.960. The standard InChI is InChI=1S/C16H23ClN2O4S2/c1-24-8-6-13(11-20)18-16(21)12-4-5-14(17)15(10-12)19-7-2-3-9-25(19,22)23/h4-5,10,13,20H,2-3,6-9,11H2,1H3,(H,18,21)/t13-/m1/s1. The van der Waals surface area contributed by atoms with Gasteiger partial charge in [-0.25, -0.2) is 8.42 Å². The maximum atomic E-state index is 12.4. The van der Waals surface area contributed by atoms with Crippen molar-refractivity contribution < 1.29 is 18.3 Å². The fourth-order valence-electron chi connectivity index (χ4n) is 2.64. The van der Waals surface area contributed by atoms with Crippen molar-refractivity contribution in [3.63, 3.8) is 0 Å². The molecular formula is C16H23ClN2O4S2. The Morgan fingerprint density at radius 3 is 2.84 bits per heavy atom. The summed E-state index contributed by atoms with van der Waals surface area (Å²) in [7, 11) is -3.41. The SMILES string of the molecule is CSCC[C@H](CO)NC(=O)c1ccc(Cl)c(N2CCCCS2(=O)=O)c1. The van der Waals surface area contributed by atoms with Crippen LogP contribution < -0.4 is 9.62 Å². The third-order valence-corrected chi connectivity index (χ3v) is 6.87. The lowest BCUT2D eigenvalue weighted by molar-refractivity contribution is 0.0915. The van der Waals surface area contributed by atoms with Crippen LogP contribution in [0.2, 0.25) is 5.02 Å². The van der Waals surface area contributed by atoms with Crippen molar-refractivity contribution in [1.82, 2.24) is 5.32 Å². The van der Waals surface area contributed by atoms with Gasteiger partial charge in [-0.3, -0.25) is 9.10 Å². The van der Waals surface area contributed by atoms with Crippen molar-refractivity contribution in [2.45, 2.75) is 25.3 Å². The Balaban J connectivity index is 2.21. The summed E-state index contributed by atoms with van der Waals surface area (Å²) in [6.45, 7) is 0.216. The highest BCUT2D eigenvalue weighted by atomic mass is 35.5. The molecule has 1 heterocycles. The van der Waals surface area contributed by atoms with Gasteiger partial charge in [0.15, 0.2) is 0 Å². The number of amides is 1. The van der Waals surface area contributed by atoms with E-state index in [-0.39, 0.29) is 24.3 Å². The summed E-state index contributed by atoms with van der Waals surface area (Å²) in [4.78, 5) is 12.4. The molecule has 0 aromatic heterocycles. The largest absolute Gasteiger partial charge is 0.394 e. The van der Waals surface area contributed by atoms with Crippen LogP contribution in [-0.4, -0.2) is 56.4 Å². The molecule has 1 aliphatic heterocycles. The summed E-state index contributed by atoms with van der Waals surface area (Å²) in [6.07, 6.45) is 4.00. The molecule has 2 N–H and O–H groups in total. The highest BCUT2D eigenvalue weighted by Crippen LogP contribution is 2.31. The molecule has 140 valence electrons. The number of aliphatic hydroxyl groups is 1. The maximum Gasteiger partial charge on any atom is 0.251 e. The van der Waals surface area contributed by atoms with Crippen molar-refractivity contribution in [1.29, 1.82) is 0 Å². The molecule has 1 saturated heterocycles. The summed E-state index contributed by atoms with van der Waals surface area (Å²) in [6, 6.07) is 4.26. The molecule has 1 atom stereocenters. The summed E-state index contributed by atoms with van der Waals surface area (Å²) < 4.78 is 25.9. The Labute approximate surface area is 158 Å². The van der Waals surface area contributed by atoms with Crippen molar-refractivity contribution in [3.05, 3.63) is 28.8 Å². The number of hydrogen-bond acceptors (Lipinski definition) is 5. The average Bonchev–Trinajstić information content (AvgIpc) is 2.58. The highest BCUT2D eigenvalue weighted by molar-refractivity contribution is 7.98. The van der Waals surface area contributed by atoms with Gasteiger partial charge in [-0.1, -0.05) is 11.6 Å². The number of nitrogens with one attached hydrogen (secondary N) is 1. The van der Waals surface area contributed by atoms with Gasteiger partial charge in [-0.15, -0.1) is 0 Å². The highest BCUT2D eigenvalue weighted by Gasteiger charge is 2.28. The summed E-state index contributed by atoms with van der Waals surface area (Å²) in [5.74, 6) is 0.553. The number of thioether (sulfide) groups is 1. The summed E-state index contributed by atoms with van der Waals surface area (Å²) in [5.41, 5.74) is 0.654. The zero-order chi connectivity index (χ0) is 18.4. The Morgan fingerprint density at radius 2 is 2.20 bits per heavy atom. The van der Waals surface area contributed by atoms with E-state index in [4.69, 9.17) is 11.6 Å². The quantitative estimate of drug-likeness (QED) is 0.724. The molecule has 0 unspecified atom stereocenters. The first kappa shape index (κ1) is 20.4. The van der Waals surface area contributed by atoms with Gasteiger partial charge < -0.3 is 10.4 Å². The number of carbonyl (C=O) groups excluding carboxylic acids is 1. The second-order valence-electron chi connectivity index (χ2n) is 5.90. The summed E-state index contributed by atoms with van der Waals surface area (Å²) >= 11 is 7.82. The van der Waals surface area contributed by atoms with Crippen LogP contribution in [0.5, 0.6) is 0 Å². The van der Waals surface area contributed by atoms with Gasteiger partial charge in [-0.05, 0) is 49.5 Å². The third-order valence-electron chi connectivity index (χ3n) is 4.05. The minimum Gasteiger partial charge on any atom is -0.394 e. The fraction of sp³-hybridized carbons (Fsp3) is 0.562. The lowest BCUT2D eigenvalue weighted by Crippen LogP contribution is -2.39. The normalized spacial score (nSPS) is 18.0. The van der Waals surface area contributed by atoms with Crippen LogP contribution in [-0.2, 0) is 10.0 Å². The number of carbonyl (C=O) groups is 1. The van der Waals surface area contributed by atoms with Gasteiger partial charge in [0.1, 0.15) is 0 Å². The molecule has 1 aromatic carbocycles. The second kappa shape index (κ2) is 9.12. The maximum absolute atomic E-state index is 12.4. The lowest BCUT2D eigenvalue weighted by atomic mass is 10.1. The first-order chi connectivity index (χ1) is 11.9. The predicted octanol–water partition coefficient (Wildman–Crippen LogP) is 2.11. The molecular weight excluding hydrogens is 384 g/mol. The summed E-state index contributed by atoms with van der Waals surface area (Å²) in [5, 5.41) is 12.5. The van der Waals surface area contributed by atoms with Crippen LogP contribution in [0.15, 0.2) is 18.2 Å². The van der Waals surface area contributed by atoms with Gasteiger partial charge in [-0.2, -0.15) is 11.8 Å². The van der Waals surface area contributed by atoms with Gasteiger partial charge in [0.05, 0.1) is 29.1 Å². The third kappa shape index (κ3) is 5.26. The van der Waals surface area contributed by atoms with E-state index >= 15 is 0 Å². The van der Waals surface area contributed by atoms with E-state index in [1.165, 1.54) is 16.4 Å². The molecule has 0 bridgehead atoms. The number of halogens is 1. The monoisotopic (exact) mass is 406 g/mol. The van der Waals surface area contributed by atoms with Crippen LogP contribution in [0.4, 0.5) is 5.69 Å². The Kier molecular flexibility index (Phi) is 7.42. The van der Waals surface area contributed by atoms with Crippen molar-refractivity contribution in [2.75, 3.05) is 35.2 Å². The van der Waals surface area contributed by atoms with Crippen LogP contribution in [0.3, 0.4) is 0 Å². The fourth-order valence-corrected chi connectivity index (χ4v) is 5.08. The van der Waals surface area contributed by atoms with E-state index in [2.05, 4.69) is 5.32 Å². The van der Waals surface area contributed by atoms with Crippen LogP contribution >= 0.6 is 23.4 Å². The number of sulfonamides is 1. The number of nitrogens with zero attached hydrogens (tertiary/aromatic N) is 1. The Bertz CT molecular complexity index is 712. The smallest absolute Gasteiger partial charge is 0.251 e. The lowest BCUT2D eigenvalue weighted by Gasteiger charge is -2.29. The van der Waals surface area contributed by atoms with Crippen molar-refractivity contribution in [2.24, 2.45) is 0 Å². The Morgan fingerprint density at radius 1 is 1.44 bits per heavy atom. The van der Waals surface area contributed by atoms with E-state index < -0.39 is 10.0 Å². The molecule has 2 rings (SSSR count). The molecule has 1 aliphatic rings. The van der Waals surface area contributed by atoms with E-state index in [9.17, 15) is 18.3 Å². The minimum atomic E-state index is -3.41. The van der Waals surface area contributed by atoms with Gasteiger partial charge in [0.2, 0.25) is 10.0 Å². The number of aliphatic hydroxyl groups excluding tert-OH is 1. The van der Waals surface area contributed by atoms with Gasteiger partial charge in [0, 0.05) is 12.1 Å². The van der Waals surface area contributed by atoms with Crippen LogP contribution in [0, 0.1) is 0 Å². The first-order valence-electron chi connectivity index (χ1n) is 8.09. The molecule has 6 nitrogen and oxygen atoms in total. The van der Waals surface area contributed by atoms with Gasteiger partial charge in [0.25, 0.3) is 5.91 Å². The average molecular weight is 407 g/mol. The van der Waals surface area contributed by atoms with E-state index in [1.54, 1.807) is 17.8 Å². The number of benzene rings is 1. The molecule has 0 spiro atoms. The van der Waals surface area contributed by atoms with E-state index in [0.717, 1.165) is 12.2 Å². The number of anilines is 1. The first-order valence-corrected chi connectivity index (χ1v) is 11.5. The predicted molar refractivity (Wildman–Crippen MR) is 103 cm³/mol. The minimum absolute atomic E-state index is 0.0843. The molecule has 0 aliphatic carbocycles. The number of rotatable bonds is 7.